The van der Waals surface area contributed by atoms with Crippen LogP contribution in [0.4, 0.5) is 26.3 Å². The van der Waals surface area contributed by atoms with Gasteiger partial charge in [0.05, 0.1) is 11.1 Å². The van der Waals surface area contributed by atoms with Gasteiger partial charge in [-0.25, -0.2) is 0 Å². The molecule has 0 amide bonds. The lowest BCUT2D eigenvalue weighted by Gasteiger charge is -2.33. The number of alkyl halides is 6. The molecule has 0 radical (unpaired) electrons. The van der Waals surface area contributed by atoms with Gasteiger partial charge in [-0.3, -0.25) is 0 Å². The van der Waals surface area contributed by atoms with Crippen LogP contribution in [0.15, 0.2) is 54.6 Å². The lowest BCUT2D eigenvalue weighted by atomic mass is 9.71. The van der Waals surface area contributed by atoms with Crippen LogP contribution >= 0.6 is 0 Å². The smallest absolute Gasteiger partial charge is 0.416 e. The Morgan fingerprint density at radius 1 is 0.711 bits per heavy atom. The number of phenolic OH excluding ortho intramolecular Hbond substituents is 1. The molecule has 1 aromatic heterocycles. The molecule has 38 heavy (non-hydrogen) atoms. The second kappa shape index (κ2) is 9.03. The van der Waals surface area contributed by atoms with Gasteiger partial charge in [0, 0.05) is 5.56 Å². The Morgan fingerprint density at radius 2 is 1.32 bits per heavy atom. The maximum atomic E-state index is 13.5. The number of rotatable bonds is 4. The summed E-state index contributed by atoms with van der Waals surface area (Å²) in [7, 11) is 0. The second-order valence-electron chi connectivity index (χ2n) is 11.3. The highest BCUT2D eigenvalue weighted by atomic mass is 19.4. The fraction of sp³-hybridized carbons (Fsp3) is 0.357. The predicted molar refractivity (Wildman–Crippen MR) is 133 cm³/mol. The van der Waals surface area contributed by atoms with Gasteiger partial charge in [-0.1, -0.05) is 46.8 Å². The Morgan fingerprint density at radius 3 is 1.92 bits per heavy atom. The SMILES string of the molecule is CC(C)(C)CC(C)(C)c1cc(-c2cccc(C(F)(F)F)c2)c(O)c(-n2nc3ccc(C(F)(F)F)cc3n2)c1. The van der Waals surface area contributed by atoms with E-state index >= 15 is 0 Å². The summed E-state index contributed by atoms with van der Waals surface area (Å²) in [4.78, 5) is 1.02. The standard InChI is InChI=1S/C28H27F6N3O/c1-25(2,3)15-26(4,5)19-12-20(16-7-6-8-17(11-16)27(29,30)31)24(38)23(14-19)37-35-21-10-9-18(28(32,33)34)13-22(21)36-37/h6-14,38H,15H2,1-5H3. The summed E-state index contributed by atoms with van der Waals surface area (Å²) in [5.74, 6) is -0.393. The Hall–Kier alpha value is -3.56. The summed E-state index contributed by atoms with van der Waals surface area (Å²) in [5, 5.41) is 19.7. The van der Waals surface area contributed by atoms with Crippen LogP contribution in [0.1, 0.15) is 57.7 Å². The van der Waals surface area contributed by atoms with E-state index in [4.69, 9.17) is 0 Å². The summed E-state index contributed by atoms with van der Waals surface area (Å²) in [6.07, 6.45) is -8.47. The van der Waals surface area contributed by atoms with Crippen molar-refractivity contribution in [1.29, 1.82) is 0 Å². The van der Waals surface area contributed by atoms with Gasteiger partial charge >= 0.3 is 12.4 Å². The van der Waals surface area contributed by atoms with Crippen LogP contribution in [0.25, 0.3) is 27.8 Å². The molecule has 0 bridgehead atoms. The number of hydrogen-bond donors (Lipinski definition) is 1. The fourth-order valence-electron chi connectivity index (χ4n) is 4.87. The molecule has 0 saturated heterocycles. The fourth-order valence-corrected chi connectivity index (χ4v) is 4.87. The van der Waals surface area contributed by atoms with Crippen molar-refractivity contribution >= 4 is 11.0 Å². The van der Waals surface area contributed by atoms with E-state index in [1.165, 1.54) is 18.2 Å². The zero-order valence-corrected chi connectivity index (χ0v) is 21.5. The molecule has 1 heterocycles. The molecule has 4 rings (SSSR count). The number of halogens is 6. The molecule has 4 aromatic rings. The largest absolute Gasteiger partial charge is 0.505 e. The van der Waals surface area contributed by atoms with E-state index in [1.807, 2.05) is 13.8 Å². The lowest BCUT2D eigenvalue weighted by Crippen LogP contribution is -2.25. The minimum absolute atomic E-state index is 0.0424. The monoisotopic (exact) mass is 535 g/mol. The maximum absolute atomic E-state index is 13.5. The van der Waals surface area contributed by atoms with E-state index in [9.17, 15) is 31.4 Å². The van der Waals surface area contributed by atoms with Crippen LogP contribution in [-0.4, -0.2) is 20.1 Å². The van der Waals surface area contributed by atoms with E-state index in [1.54, 1.807) is 12.1 Å². The quantitative estimate of drug-likeness (QED) is 0.267. The van der Waals surface area contributed by atoms with Crippen molar-refractivity contribution in [2.75, 3.05) is 0 Å². The van der Waals surface area contributed by atoms with Gasteiger partial charge in [0.1, 0.15) is 16.7 Å². The number of phenols is 1. The maximum Gasteiger partial charge on any atom is 0.416 e. The van der Waals surface area contributed by atoms with Crippen LogP contribution < -0.4 is 0 Å². The number of aromatic hydroxyl groups is 1. The van der Waals surface area contributed by atoms with E-state index in [2.05, 4.69) is 31.0 Å². The first-order valence-corrected chi connectivity index (χ1v) is 11.8. The molecule has 4 nitrogen and oxygen atoms in total. The summed E-state index contributed by atoms with van der Waals surface area (Å²) in [5.41, 5.74) is -1.25. The molecule has 0 spiro atoms. The summed E-state index contributed by atoms with van der Waals surface area (Å²) >= 11 is 0. The van der Waals surface area contributed by atoms with Gasteiger partial charge in [0.2, 0.25) is 0 Å². The Balaban J connectivity index is 1.96. The van der Waals surface area contributed by atoms with Gasteiger partial charge < -0.3 is 5.11 Å². The molecule has 0 unspecified atom stereocenters. The molecular formula is C28H27F6N3O. The molecule has 1 N–H and O–H groups in total. The molecule has 3 aromatic carbocycles. The highest BCUT2D eigenvalue weighted by Crippen LogP contribution is 2.43. The van der Waals surface area contributed by atoms with Crippen molar-refractivity contribution in [2.45, 2.75) is 58.8 Å². The molecule has 0 aliphatic rings. The number of hydrogen-bond acceptors (Lipinski definition) is 3. The lowest BCUT2D eigenvalue weighted by molar-refractivity contribution is -0.138. The van der Waals surface area contributed by atoms with Crippen LogP contribution in [0, 0.1) is 5.41 Å². The topological polar surface area (TPSA) is 50.9 Å². The predicted octanol–water partition coefficient (Wildman–Crippen LogP) is 8.54. The first kappa shape index (κ1) is 27.5. The van der Waals surface area contributed by atoms with Crippen molar-refractivity contribution in [3.05, 3.63) is 71.3 Å². The third kappa shape index (κ3) is 5.63. The highest BCUT2D eigenvalue weighted by Gasteiger charge is 2.33. The third-order valence-corrected chi connectivity index (χ3v) is 6.27. The Kier molecular flexibility index (Phi) is 6.53. The van der Waals surface area contributed by atoms with Gasteiger partial charge in [0.15, 0.2) is 5.75 Å². The number of fused-ring (bicyclic) bond motifs is 1. The molecule has 10 heteroatoms. The molecule has 0 aliphatic heterocycles. The average molecular weight is 536 g/mol. The van der Waals surface area contributed by atoms with Crippen LogP contribution in [0.2, 0.25) is 0 Å². The molecule has 0 aliphatic carbocycles. The van der Waals surface area contributed by atoms with Crippen molar-refractivity contribution < 1.29 is 31.4 Å². The molecule has 202 valence electrons. The van der Waals surface area contributed by atoms with Gasteiger partial charge in [0.25, 0.3) is 0 Å². The first-order chi connectivity index (χ1) is 17.3. The first-order valence-electron chi connectivity index (χ1n) is 11.8. The minimum Gasteiger partial charge on any atom is -0.505 e. The summed E-state index contributed by atoms with van der Waals surface area (Å²) < 4.78 is 80.0. The van der Waals surface area contributed by atoms with Gasteiger partial charge in [-0.2, -0.15) is 26.3 Å². The van der Waals surface area contributed by atoms with Crippen LogP contribution in [0.3, 0.4) is 0 Å². The van der Waals surface area contributed by atoms with E-state index < -0.39 is 34.6 Å². The number of aromatic nitrogens is 3. The number of nitrogens with zero attached hydrogens (tertiary/aromatic N) is 3. The Bertz CT molecular complexity index is 1490. The molecule has 0 fully saturated rings. The summed E-state index contributed by atoms with van der Waals surface area (Å²) in [6, 6.07) is 10.8. The van der Waals surface area contributed by atoms with Crippen molar-refractivity contribution in [3.8, 4) is 22.6 Å². The summed E-state index contributed by atoms with van der Waals surface area (Å²) in [6.45, 7) is 10.1. The zero-order chi connectivity index (χ0) is 28.3. The minimum atomic E-state index is -4.59. The van der Waals surface area contributed by atoms with Gasteiger partial charge in [-0.05, 0) is 70.8 Å². The van der Waals surface area contributed by atoms with E-state index in [0.29, 0.717) is 12.0 Å². The Labute approximate surface area is 215 Å². The van der Waals surface area contributed by atoms with Gasteiger partial charge in [-0.15, -0.1) is 15.0 Å². The molecular weight excluding hydrogens is 508 g/mol. The van der Waals surface area contributed by atoms with Crippen molar-refractivity contribution in [2.24, 2.45) is 5.41 Å². The van der Waals surface area contributed by atoms with Crippen LogP contribution in [-0.2, 0) is 17.8 Å². The molecule has 0 atom stereocenters. The van der Waals surface area contributed by atoms with Crippen LogP contribution in [0.5, 0.6) is 5.75 Å². The van der Waals surface area contributed by atoms with E-state index in [0.717, 1.165) is 29.1 Å². The average Bonchev–Trinajstić information content (AvgIpc) is 3.19. The second-order valence-corrected chi connectivity index (χ2v) is 11.3. The van der Waals surface area contributed by atoms with Crippen molar-refractivity contribution in [3.63, 3.8) is 0 Å². The normalized spacial score (nSPS) is 13.3. The number of benzene rings is 3. The highest BCUT2D eigenvalue weighted by molar-refractivity contribution is 5.78. The van der Waals surface area contributed by atoms with Crippen molar-refractivity contribution in [1.82, 2.24) is 15.0 Å². The molecule has 0 saturated carbocycles. The zero-order valence-electron chi connectivity index (χ0n) is 21.5. The van der Waals surface area contributed by atoms with E-state index in [-0.39, 0.29) is 33.3 Å². The third-order valence-electron chi connectivity index (χ3n) is 6.27.